The molecule has 3 aromatic rings. The highest BCUT2D eigenvalue weighted by atomic mass is 16.7. The minimum atomic E-state index is -0.760. The number of aromatic nitrogens is 3. The Hall–Kier alpha value is -3.40. The SMILES string of the molecule is O=C1C[C@H](OCc2cn(C(=O)OCC3c4ccccc4-c4ccccc43)nn2)[C@H]2CO[C@@H]1O2. The number of carbonyl (C=O) groups excluding carboxylic acids is 2. The number of benzene rings is 2. The lowest BCUT2D eigenvalue weighted by Gasteiger charge is -2.25. The molecule has 3 aliphatic rings. The number of fused-ring (bicyclic) bond motifs is 5. The largest absolute Gasteiger partial charge is 0.447 e. The molecule has 0 N–H and O–H groups in total. The van der Waals surface area contributed by atoms with Crippen LogP contribution in [0.4, 0.5) is 4.79 Å². The number of Topliss-reactive ketones (excluding diaryl/α,β-unsaturated/α-hetero) is 1. The van der Waals surface area contributed by atoms with Crippen LogP contribution in [0.1, 0.15) is 29.2 Å². The Morgan fingerprint density at radius 3 is 2.58 bits per heavy atom. The third-order valence-corrected chi connectivity index (χ3v) is 6.30. The topological polar surface area (TPSA) is 102 Å². The predicted octanol–water partition coefficient (Wildman–Crippen LogP) is 2.67. The van der Waals surface area contributed by atoms with E-state index in [4.69, 9.17) is 18.9 Å². The van der Waals surface area contributed by atoms with Crippen LogP contribution in [0.3, 0.4) is 0 Å². The van der Waals surface area contributed by atoms with Gasteiger partial charge in [0.2, 0.25) is 6.29 Å². The Balaban J connectivity index is 1.09. The molecule has 1 aliphatic carbocycles. The average Bonchev–Trinajstić information content (AvgIpc) is 3.56. The summed E-state index contributed by atoms with van der Waals surface area (Å²) in [7, 11) is 0. The van der Waals surface area contributed by atoms with Gasteiger partial charge in [-0.05, 0) is 22.3 Å². The molecular weight excluding hydrogens is 426 g/mol. The van der Waals surface area contributed by atoms with E-state index in [1.165, 1.54) is 17.3 Å². The monoisotopic (exact) mass is 447 g/mol. The molecule has 3 atom stereocenters. The molecular formula is C24H21N3O6. The Morgan fingerprint density at radius 2 is 1.82 bits per heavy atom. The van der Waals surface area contributed by atoms with E-state index < -0.39 is 18.5 Å². The van der Waals surface area contributed by atoms with E-state index in [2.05, 4.69) is 34.6 Å². The average molecular weight is 447 g/mol. The molecule has 2 aliphatic heterocycles. The van der Waals surface area contributed by atoms with Gasteiger partial charge in [0.15, 0.2) is 5.78 Å². The highest BCUT2D eigenvalue weighted by molar-refractivity contribution is 5.83. The van der Waals surface area contributed by atoms with Crippen molar-refractivity contribution in [2.45, 2.75) is 37.4 Å². The summed E-state index contributed by atoms with van der Waals surface area (Å²) in [6, 6.07) is 16.3. The van der Waals surface area contributed by atoms with Gasteiger partial charge < -0.3 is 18.9 Å². The molecule has 2 aromatic carbocycles. The van der Waals surface area contributed by atoms with Crippen LogP contribution in [-0.4, -0.2) is 58.6 Å². The number of hydrogen-bond acceptors (Lipinski definition) is 8. The molecule has 0 unspecified atom stereocenters. The van der Waals surface area contributed by atoms with Gasteiger partial charge >= 0.3 is 6.09 Å². The fraction of sp³-hybridized carbons (Fsp3) is 0.333. The van der Waals surface area contributed by atoms with Crippen molar-refractivity contribution in [3.8, 4) is 11.1 Å². The van der Waals surface area contributed by atoms with Gasteiger partial charge in [0.1, 0.15) is 18.4 Å². The molecule has 0 radical (unpaired) electrons. The molecule has 2 fully saturated rings. The molecule has 9 heteroatoms. The van der Waals surface area contributed by atoms with E-state index in [9.17, 15) is 9.59 Å². The number of nitrogens with zero attached hydrogens (tertiary/aromatic N) is 3. The maximum absolute atomic E-state index is 12.6. The smallest absolute Gasteiger partial charge is 0.436 e. The lowest BCUT2D eigenvalue weighted by atomic mass is 9.98. The third kappa shape index (κ3) is 3.64. The van der Waals surface area contributed by atoms with E-state index in [1.54, 1.807) is 0 Å². The van der Waals surface area contributed by atoms with Crippen LogP contribution in [0.25, 0.3) is 11.1 Å². The van der Waals surface area contributed by atoms with E-state index in [0.717, 1.165) is 15.8 Å². The summed E-state index contributed by atoms with van der Waals surface area (Å²) >= 11 is 0. The summed E-state index contributed by atoms with van der Waals surface area (Å²) in [6.07, 6.45) is -0.349. The van der Waals surface area contributed by atoms with Gasteiger partial charge in [-0.25, -0.2) is 4.79 Å². The van der Waals surface area contributed by atoms with Crippen molar-refractivity contribution >= 4 is 11.9 Å². The second-order valence-corrected chi connectivity index (χ2v) is 8.32. The zero-order valence-electron chi connectivity index (χ0n) is 17.6. The molecule has 0 amide bonds. The van der Waals surface area contributed by atoms with Crippen LogP contribution in [-0.2, 0) is 30.3 Å². The number of hydrogen-bond donors (Lipinski definition) is 0. The van der Waals surface area contributed by atoms with Gasteiger partial charge in [-0.15, -0.1) is 5.10 Å². The van der Waals surface area contributed by atoms with Gasteiger partial charge in [-0.3, -0.25) is 4.79 Å². The van der Waals surface area contributed by atoms with Crippen molar-refractivity contribution in [2.75, 3.05) is 13.2 Å². The van der Waals surface area contributed by atoms with Crippen molar-refractivity contribution in [1.82, 2.24) is 15.0 Å². The van der Waals surface area contributed by atoms with Crippen molar-refractivity contribution in [3.05, 3.63) is 71.5 Å². The lowest BCUT2D eigenvalue weighted by Crippen LogP contribution is -2.40. The number of ether oxygens (including phenoxy) is 4. The fourth-order valence-electron chi connectivity index (χ4n) is 4.68. The molecule has 33 heavy (non-hydrogen) atoms. The summed E-state index contributed by atoms with van der Waals surface area (Å²) in [5.41, 5.74) is 5.07. The van der Waals surface area contributed by atoms with Gasteiger partial charge in [-0.1, -0.05) is 53.7 Å². The van der Waals surface area contributed by atoms with Gasteiger partial charge in [0.05, 0.1) is 25.5 Å². The van der Waals surface area contributed by atoms with E-state index in [-0.39, 0.29) is 37.4 Å². The molecule has 0 spiro atoms. The third-order valence-electron chi connectivity index (χ3n) is 6.30. The van der Waals surface area contributed by atoms with Crippen molar-refractivity contribution in [2.24, 2.45) is 0 Å². The van der Waals surface area contributed by atoms with Gasteiger partial charge in [0.25, 0.3) is 0 Å². The first-order valence-electron chi connectivity index (χ1n) is 10.9. The lowest BCUT2D eigenvalue weighted by molar-refractivity contribution is -0.168. The van der Waals surface area contributed by atoms with Crippen LogP contribution in [0.15, 0.2) is 54.7 Å². The first-order valence-corrected chi connectivity index (χ1v) is 10.9. The van der Waals surface area contributed by atoms with E-state index in [1.807, 2.05) is 24.3 Å². The fourth-order valence-corrected chi connectivity index (χ4v) is 4.68. The molecule has 9 nitrogen and oxygen atoms in total. The van der Waals surface area contributed by atoms with Crippen molar-refractivity contribution < 1.29 is 28.5 Å². The van der Waals surface area contributed by atoms with Gasteiger partial charge in [0, 0.05) is 12.3 Å². The summed E-state index contributed by atoms with van der Waals surface area (Å²) < 4.78 is 23.2. The Labute approximate surface area is 189 Å². The highest BCUT2D eigenvalue weighted by Crippen LogP contribution is 2.44. The van der Waals surface area contributed by atoms with Crippen LogP contribution in [0.5, 0.6) is 0 Å². The summed E-state index contributed by atoms with van der Waals surface area (Å²) in [5.74, 6) is -0.162. The van der Waals surface area contributed by atoms with Crippen molar-refractivity contribution in [1.29, 1.82) is 0 Å². The van der Waals surface area contributed by atoms with Crippen LogP contribution >= 0.6 is 0 Å². The number of rotatable bonds is 5. The molecule has 1 aromatic heterocycles. The highest BCUT2D eigenvalue weighted by Gasteiger charge is 2.43. The number of carbonyl (C=O) groups is 2. The quantitative estimate of drug-likeness (QED) is 0.588. The maximum Gasteiger partial charge on any atom is 0.436 e. The number of ketones is 1. The Morgan fingerprint density at radius 1 is 1.09 bits per heavy atom. The maximum atomic E-state index is 12.6. The molecule has 2 bridgehead atoms. The minimum Gasteiger partial charge on any atom is -0.447 e. The summed E-state index contributed by atoms with van der Waals surface area (Å²) in [6.45, 7) is 0.621. The molecule has 2 saturated heterocycles. The summed E-state index contributed by atoms with van der Waals surface area (Å²) in [4.78, 5) is 24.5. The van der Waals surface area contributed by atoms with Gasteiger partial charge in [-0.2, -0.15) is 4.68 Å². The first kappa shape index (κ1) is 20.2. The van der Waals surface area contributed by atoms with Crippen LogP contribution < -0.4 is 0 Å². The van der Waals surface area contributed by atoms with Crippen LogP contribution in [0.2, 0.25) is 0 Å². The second-order valence-electron chi connectivity index (χ2n) is 8.32. The first-order chi connectivity index (χ1) is 16.2. The zero-order valence-corrected chi connectivity index (χ0v) is 17.6. The van der Waals surface area contributed by atoms with E-state index in [0.29, 0.717) is 12.3 Å². The standard InChI is InChI=1S/C24H21N3O6/c28-20-9-21(22-13-31-23(20)33-22)30-11-14-10-27(26-25-14)24(29)32-12-19-17-7-3-1-5-15(17)16-6-2-4-8-18(16)19/h1-8,10,19,21-23H,9,11-13H2/t21-,22+,23+/m0/s1. The Bertz CT molecular complexity index is 1180. The molecule has 168 valence electrons. The van der Waals surface area contributed by atoms with Crippen LogP contribution in [0, 0.1) is 0 Å². The van der Waals surface area contributed by atoms with E-state index >= 15 is 0 Å². The van der Waals surface area contributed by atoms with Crippen molar-refractivity contribution in [3.63, 3.8) is 0 Å². The normalized spacial score (nSPS) is 23.4. The predicted molar refractivity (Wildman–Crippen MR) is 113 cm³/mol. The minimum absolute atomic E-state index is 0.0334. The molecule has 0 saturated carbocycles. The molecule has 6 rings (SSSR count). The second kappa shape index (κ2) is 8.18. The summed E-state index contributed by atoms with van der Waals surface area (Å²) in [5, 5.41) is 7.85. The zero-order chi connectivity index (χ0) is 22.4. The molecule has 3 heterocycles. The Kier molecular flexibility index (Phi) is 5.01.